The second kappa shape index (κ2) is 8.81. The first-order chi connectivity index (χ1) is 15.2. The molecule has 32 heavy (non-hydrogen) atoms. The fourth-order valence-corrected chi connectivity index (χ4v) is 5.45. The second-order valence-corrected chi connectivity index (χ2v) is 10.1. The molecule has 2 aliphatic heterocycles. The third-order valence-electron chi connectivity index (χ3n) is 7.22. The van der Waals surface area contributed by atoms with Crippen LogP contribution in [0, 0.1) is 5.82 Å². The molecule has 1 saturated carbocycles. The van der Waals surface area contributed by atoms with Crippen molar-refractivity contribution in [2.24, 2.45) is 0 Å². The van der Waals surface area contributed by atoms with Gasteiger partial charge in [0.25, 0.3) is 5.91 Å². The van der Waals surface area contributed by atoms with E-state index in [1.54, 1.807) is 26.0 Å². The van der Waals surface area contributed by atoms with Gasteiger partial charge < -0.3 is 15.5 Å². The largest absolute Gasteiger partial charge is 0.352 e. The summed E-state index contributed by atoms with van der Waals surface area (Å²) in [6, 6.07) is 6.55. The molecule has 7 nitrogen and oxygen atoms in total. The Labute approximate surface area is 188 Å². The molecule has 2 N–H and O–H groups in total. The summed E-state index contributed by atoms with van der Waals surface area (Å²) >= 11 is 0. The van der Waals surface area contributed by atoms with Crippen molar-refractivity contribution in [3.05, 3.63) is 35.6 Å². The molecular weight excluding hydrogens is 411 g/mol. The van der Waals surface area contributed by atoms with Crippen molar-refractivity contribution in [3.63, 3.8) is 0 Å². The molecule has 3 fully saturated rings. The van der Waals surface area contributed by atoms with Crippen LogP contribution in [-0.2, 0) is 15.0 Å². The lowest BCUT2D eigenvalue weighted by Gasteiger charge is -2.39. The molecular formula is C24H33FN4O3. The van der Waals surface area contributed by atoms with Crippen LogP contribution < -0.4 is 10.6 Å². The Morgan fingerprint density at radius 3 is 2.47 bits per heavy atom. The lowest BCUT2D eigenvalue weighted by atomic mass is 9.78. The number of carbonyl (C=O) groups excluding carboxylic acids is 3. The molecule has 4 amide bonds. The van der Waals surface area contributed by atoms with Crippen LogP contribution in [0.15, 0.2) is 24.3 Å². The van der Waals surface area contributed by atoms with Gasteiger partial charge in [0.15, 0.2) is 0 Å². The summed E-state index contributed by atoms with van der Waals surface area (Å²) in [7, 11) is 0. The highest BCUT2D eigenvalue weighted by atomic mass is 19.1. The SMILES string of the molecule is CC1(C)NC(=O)N(CC(=O)NC2CCN(CC3(c4cccc(F)c4)CCCC3)CC2)C1=O. The maximum absolute atomic E-state index is 13.9. The molecule has 0 atom stereocenters. The van der Waals surface area contributed by atoms with Gasteiger partial charge in [0.05, 0.1) is 0 Å². The van der Waals surface area contributed by atoms with Gasteiger partial charge in [0, 0.05) is 31.1 Å². The van der Waals surface area contributed by atoms with Crippen molar-refractivity contribution in [1.82, 2.24) is 20.4 Å². The number of likely N-dealkylation sites (tertiary alicyclic amines) is 1. The number of imide groups is 1. The molecule has 0 bridgehead atoms. The van der Waals surface area contributed by atoms with Gasteiger partial charge in [-0.25, -0.2) is 9.18 Å². The molecule has 3 aliphatic rings. The molecule has 8 heteroatoms. The highest BCUT2D eigenvalue weighted by molar-refractivity contribution is 6.08. The number of carbonyl (C=O) groups is 3. The minimum Gasteiger partial charge on any atom is -0.352 e. The molecule has 1 aliphatic carbocycles. The van der Waals surface area contributed by atoms with Gasteiger partial charge in [-0.3, -0.25) is 14.5 Å². The molecule has 1 aromatic carbocycles. The summed E-state index contributed by atoms with van der Waals surface area (Å²) in [5.74, 6) is -0.868. The number of piperidine rings is 1. The summed E-state index contributed by atoms with van der Waals surface area (Å²) in [6.45, 7) is 5.63. The smallest absolute Gasteiger partial charge is 0.325 e. The summed E-state index contributed by atoms with van der Waals surface area (Å²) in [5.41, 5.74) is 0.136. The lowest BCUT2D eigenvalue weighted by Crippen LogP contribution is -2.50. The number of rotatable bonds is 6. The number of nitrogens with one attached hydrogen (secondary N) is 2. The maximum atomic E-state index is 13.9. The lowest BCUT2D eigenvalue weighted by molar-refractivity contribution is -0.134. The van der Waals surface area contributed by atoms with Crippen LogP contribution in [0.3, 0.4) is 0 Å². The second-order valence-electron chi connectivity index (χ2n) is 10.1. The number of urea groups is 1. The van der Waals surface area contributed by atoms with Crippen molar-refractivity contribution in [2.75, 3.05) is 26.2 Å². The van der Waals surface area contributed by atoms with Gasteiger partial charge in [-0.05, 0) is 57.2 Å². The standard InChI is InChI=1S/C24H33FN4O3/c1-23(2)21(31)29(22(32)27-23)15-20(30)26-19-8-12-28(13-9-19)16-24(10-3-4-11-24)17-6-5-7-18(25)14-17/h5-7,14,19H,3-4,8-13,15-16H2,1-2H3,(H,26,30)(H,27,32). The molecule has 174 valence electrons. The molecule has 0 unspecified atom stereocenters. The van der Waals surface area contributed by atoms with E-state index in [4.69, 9.17) is 0 Å². The van der Waals surface area contributed by atoms with Crippen LogP contribution in [0.1, 0.15) is 57.9 Å². The highest BCUT2D eigenvalue weighted by Crippen LogP contribution is 2.42. The van der Waals surface area contributed by atoms with Gasteiger partial charge in [-0.15, -0.1) is 0 Å². The Balaban J connectivity index is 1.29. The topological polar surface area (TPSA) is 81.8 Å². The Morgan fingerprint density at radius 1 is 1.19 bits per heavy atom. The maximum Gasteiger partial charge on any atom is 0.325 e. The van der Waals surface area contributed by atoms with Crippen LogP contribution >= 0.6 is 0 Å². The van der Waals surface area contributed by atoms with Crippen LogP contribution in [0.2, 0.25) is 0 Å². The summed E-state index contributed by atoms with van der Waals surface area (Å²) in [5, 5.41) is 5.58. The molecule has 4 rings (SSSR count). The summed E-state index contributed by atoms with van der Waals surface area (Å²) in [4.78, 5) is 40.1. The van der Waals surface area contributed by atoms with Crippen LogP contribution in [0.25, 0.3) is 0 Å². The van der Waals surface area contributed by atoms with E-state index in [0.717, 1.165) is 55.8 Å². The average Bonchev–Trinajstić information content (AvgIpc) is 3.29. The van der Waals surface area contributed by atoms with Crippen molar-refractivity contribution >= 4 is 17.8 Å². The van der Waals surface area contributed by atoms with Crippen molar-refractivity contribution in [2.45, 2.75) is 69.4 Å². The predicted octanol–water partition coefficient (Wildman–Crippen LogP) is 2.55. The average molecular weight is 445 g/mol. The number of amides is 4. The van der Waals surface area contributed by atoms with Gasteiger partial charge in [-0.1, -0.05) is 25.0 Å². The van der Waals surface area contributed by atoms with E-state index in [-0.39, 0.29) is 35.6 Å². The predicted molar refractivity (Wildman–Crippen MR) is 118 cm³/mol. The van der Waals surface area contributed by atoms with Gasteiger partial charge in [-0.2, -0.15) is 0 Å². The van der Waals surface area contributed by atoms with Gasteiger partial charge in [0.1, 0.15) is 17.9 Å². The zero-order valence-corrected chi connectivity index (χ0v) is 19.0. The fraction of sp³-hybridized carbons (Fsp3) is 0.625. The van der Waals surface area contributed by atoms with Crippen LogP contribution in [0.4, 0.5) is 9.18 Å². The third kappa shape index (κ3) is 4.65. The van der Waals surface area contributed by atoms with E-state index in [0.29, 0.717) is 0 Å². The summed E-state index contributed by atoms with van der Waals surface area (Å²) in [6.07, 6.45) is 6.13. The molecule has 2 saturated heterocycles. The Kier molecular flexibility index (Phi) is 6.25. The number of halogens is 1. The Morgan fingerprint density at radius 2 is 1.88 bits per heavy atom. The summed E-state index contributed by atoms with van der Waals surface area (Å²) < 4.78 is 13.9. The van der Waals surface area contributed by atoms with E-state index in [1.807, 2.05) is 0 Å². The normalized spacial score (nSPS) is 23.4. The molecule has 1 aromatic rings. The zero-order chi connectivity index (χ0) is 22.9. The Bertz CT molecular complexity index is 889. The minimum atomic E-state index is -0.972. The number of nitrogens with zero attached hydrogens (tertiary/aromatic N) is 2. The van der Waals surface area contributed by atoms with Crippen LogP contribution in [-0.4, -0.2) is 65.4 Å². The zero-order valence-electron chi connectivity index (χ0n) is 19.0. The van der Waals surface area contributed by atoms with E-state index < -0.39 is 11.6 Å². The molecule has 2 heterocycles. The van der Waals surface area contributed by atoms with E-state index >= 15 is 0 Å². The van der Waals surface area contributed by atoms with Gasteiger partial charge in [0.2, 0.25) is 5.91 Å². The number of hydrogen-bond donors (Lipinski definition) is 2. The first-order valence-electron chi connectivity index (χ1n) is 11.6. The molecule has 0 radical (unpaired) electrons. The first-order valence-corrected chi connectivity index (χ1v) is 11.6. The van der Waals surface area contributed by atoms with Crippen LogP contribution in [0.5, 0.6) is 0 Å². The third-order valence-corrected chi connectivity index (χ3v) is 7.22. The van der Waals surface area contributed by atoms with Crippen molar-refractivity contribution < 1.29 is 18.8 Å². The Hall–Kier alpha value is -2.48. The van der Waals surface area contributed by atoms with E-state index in [9.17, 15) is 18.8 Å². The first kappa shape index (κ1) is 22.7. The van der Waals surface area contributed by atoms with Crippen molar-refractivity contribution in [1.29, 1.82) is 0 Å². The minimum absolute atomic E-state index is 0.00840. The highest BCUT2D eigenvalue weighted by Gasteiger charge is 2.45. The fourth-order valence-electron chi connectivity index (χ4n) is 5.45. The number of hydrogen-bond acceptors (Lipinski definition) is 4. The quantitative estimate of drug-likeness (QED) is 0.661. The van der Waals surface area contributed by atoms with E-state index in [2.05, 4.69) is 21.6 Å². The van der Waals surface area contributed by atoms with Gasteiger partial charge >= 0.3 is 6.03 Å². The molecule has 0 aromatic heterocycles. The van der Waals surface area contributed by atoms with E-state index in [1.165, 1.54) is 18.9 Å². The monoisotopic (exact) mass is 444 g/mol. The molecule has 0 spiro atoms. The number of benzene rings is 1. The van der Waals surface area contributed by atoms with Crippen molar-refractivity contribution in [3.8, 4) is 0 Å².